The van der Waals surface area contributed by atoms with E-state index in [4.69, 9.17) is 10.5 Å². The summed E-state index contributed by atoms with van der Waals surface area (Å²) in [5, 5.41) is 0. The molecular weight excluding hydrogens is 260 g/mol. The minimum atomic E-state index is 0.575. The van der Waals surface area contributed by atoms with Gasteiger partial charge in [0.2, 0.25) is 0 Å². The maximum Gasteiger partial charge on any atom is 0.145 e. The van der Waals surface area contributed by atoms with Crippen LogP contribution in [-0.2, 0) is 6.61 Å². The summed E-state index contributed by atoms with van der Waals surface area (Å²) in [6.07, 6.45) is 2.50. The van der Waals surface area contributed by atoms with Crippen molar-refractivity contribution in [1.82, 2.24) is 0 Å². The summed E-state index contributed by atoms with van der Waals surface area (Å²) >= 11 is 0. The van der Waals surface area contributed by atoms with Crippen molar-refractivity contribution >= 4 is 11.4 Å². The largest absolute Gasteiger partial charge is 0.487 e. The fraction of sp³-hybridized carbons (Fsp3) is 0.333. The molecule has 3 nitrogen and oxygen atoms in total. The Hall–Kier alpha value is -2.16. The number of hydrogen-bond donors (Lipinski definition) is 1. The molecule has 110 valence electrons. The van der Waals surface area contributed by atoms with E-state index in [-0.39, 0.29) is 0 Å². The minimum absolute atomic E-state index is 0.575. The van der Waals surface area contributed by atoms with Crippen LogP contribution in [0.5, 0.6) is 5.75 Å². The molecule has 1 heterocycles. The van der Waals surface area contributed by atoms with E-state index in [0.717, 1.165) is 30.2 Å². The van der Waals surface area contributed by atoms with Crippen molar-refractivity contribution < 1.29 is 4.74 Å². The molecule has 2 aromatic rings. The first-order valence-electron chi connectivity index (χ1n) is 7.55. The molecule has 0 atom stereocenters. The number of rotatable bonds is 4. The summed E-state index contributed by atoms with van der Waals surface area (Å²) in [5.74, 6) is 0.887. The van der Waals surface area contributed by atoms with Crippen LogP contribution in [0, 0.1) is 6.92 Å². The number of ether oxygens (including phenoxy) is 1. The molecule has 0 aromatic heterocycles. The third-order valence-corrected chi connectivity index (χ3v) is 3.91. The lowest BCUT2D eigenvalue weighted by atomic mass is 10.1. The molecule has 1 fully saturated rings. The van der Waals surface area contributed by atoms with E-state index in [0.29, 0.717) is 6.61 Å². The zero-order valence-corrected chi connectivity index (χ0v) is 12.5. The Balaban J connectivity index is 1.78. The lowest BCUT2D eigenvalue weighted by Gasteiger charge is -2.21. The SMILES string of the molecule is Cc1cccc(COc2cc(N)ccc2N2CCCC2)c1. The van der Waals surface area contributed by atoms with Crippen molar-refractivity contribution in [3.63, 3.8) is 0 Å². The number of nitrogens with two attached hydrogens (primary N) is 1. The lowest BCUT2D eigenvalue weighted by molar-refractivity contribution is 0.307. The van der Waals surface area contributed by atoms with E-state index in [2.05, 4.69) is 42.2 Å². The molecule has 0 spiro atoms. The van der Waals surface area contributed by atoms with Gasteiger partial charge in [-0.2, -0.15) is 0 Å². The van der Waals surface area contributed by atoms with Crippen molar-refractivity contribution in [3.05, 3.63) is 53.6 Å². The molecule has 0 bridgehead atoms. The fourth-order valence-corrected chi connectivity index (χ4v) is 2.83. The molecule has 0 radical (unpaired) electrons. The highest BCUT2D eigenvalue weighted by Crippen LogP contribution is 2.33. The van der Waals surface area contributed by atoms with Gasteiger partial charge in [0.05, 0.1) is 5.69 Å². The Morgan fingerprint density at radius 1 is 1.10 bits per heavy atom. The molecule has 3 heteroatoms. The van der Waals surface area contributed by atoms with Crippen molar-refractivity contribution in [2.45, 2.75) is 26.4 Å². The molecule has 1 aliphatic heterocycles. The first-order valence-corrected chi connectivity index (χ1v) is 7.55. The molecule has 1 aliphatic rings. The Bertz CT molecular complexity index is 618. The van der Waals surface area contributed by atoms with Crippen LogP contribution in [0.15, 0.2) is 42.5 Å². The third-order valence-electron chi connectivity index (χ3n) is 3.91. The van der Waals surface area contributed by atoms with E-state index in [9.17, 15) is 0 Å². The summed E-state index contributed by atoms with van der Waals surface area (Å²) in [6, 6.07) is 14.4. The minimum Gasteiger partial charge on any atom is -0.487 e. The summed E-state index contributed by atoms with van der Waals surface area (Å²) < 4.78 is 6.05. The molecular formula is C18H22N2O. The highest BCUT2D eigenvalue weighted by Gasteiger charge is 2.16. The second kappa shape index (κ2) is 6.08. The predicted molar refractivity (Wildman–Crippen MR) is 87.8 cm³/mol. The smallest absolute Gasteiger partial charge is 0.145 e. The molecule has 0 aliphatic carbocycles. The van der Waals surface area contributed by atoms with Gasteiger partial charge in [0, 0.05) is 24.8 Å². The van der Waals surface area contributed by atoms with E-state index in [1.165, 1.54) is 24.0 Å². The van der Waals surface area contributed by atoms with Gasteiger partial charge in [-0.05, 0) is 37.5 Å². The van der Waals surface area contributed by atoms with Gasteiger partial charge in [0.15, 0.2) is 0 Å². The Kier molecular flexibility index (Phi) is 4.00. The normalized spacial score (nSPS) is 14.4. The average Bonchev–Trinajstić information content (AvgIpc) is 2.99. The maximum absolute atomic E-state index is 6.05. The lowest BCUT2D eigenvalue weighted by Crippen LogP contribution is -2.18. The predicted octanol–water partition coefficient (Wildman–Crippen LogP) is 3.76. The number of benzene rings is 2. The van der Waals surface area contributed by atoms with Crippen molar-refractivity contribution in [1.29, 1.82) is 0 Å². The maximum atomic E-state index is 6.05. The van der Waals surface area contributed by atoms with Gasteiger partial charge in [-0.1, -0.05) is 29.8 Å². The zero-order chi connectivity index (χ0) is 14.7. The first-order chi connectivity index (χ1) is 10.2. The molecule has 1 saturated heterocycles. The monoisotopic (exact) mass is 282 g/mol. The summed E-state index contributed by atoms with van der Waals surface area (Å²) in [6.45, 7) is 4.88. The van der Waals surface area contributed by atoms with Crippen molar-refractivity contribution in [2.24, 2.45) is 0 Å². The van der Waals surface area contributed by atoms with Gasteiger partial charge in [-0.25, -0.2) is 0 Å². The fourth-order valence-electron chi connectivity index (χ4n) is 2.83. The van der Waals surface area contributed by atoms with Gasteiger partial charge in [-0.15, -0.1) is 0 Å². The van der Waals surface area contributed by atoms with E-state index in [1.54, 1.807) is 0 Å². The summed E-state index contributed by atoms with van der Waals surface area (Å²) in [5.41, 5.74) is 10.3. The van der Waals surface area contributed by atoms with Crippen LogP contribution >= 0.6 is 0 Å². The molecule has 2 aromatic carbocycles. The van der Waals surface area contributed by atoms with Gasteiger partial charge in [0.1, 0.15) is 12.4 Å². The molecule has 0 unspecified atom stereocenters. The third kappa shape index (κ3) is 3.30. The Morgan fingerprint density at radius 3 is 2.67 bits per heavy atom. The Labute approximate surface area is 126 Å². The second-order valence-electron chi connectivity index (χ2n) is 5.70. The van der Waals surface area contributed by atoms with Crippen LogP contribution in [0.3, 0.4) is 0 Å². The topological polar surface area (TPSA) is 38.5 Å². The van der Waals surface area contributed by atoms with Gasteiger partial charge >= 0.3 is 0 Å². The van der Waals surface area contributed by atoms with Crippen LogP contribution < -0.4 is 15.4 Å². The van der Waals surface area contributed by atoms with Crippen molar-refractivity contribution in [2.75, 3.05) is 23.7 Å². The number of nitrogen functional groups attached to an aromatic ring is 1. The molecule has 0 saturated carbocycles. The van der Waals surface area contributed by atoms with E-state index >= 15 is 0 Å². The molecule has 3 rings (SSSR count). The van der Waals surface area contributed by atoms with Crippen LogP contribution in [0.1, 0.15) is 24.0 Å². The van der Waals surface area contributed by atoms with Gasteiger partial charge < -0.3 is 15.4 Å². The molecule has 2 N–H and O–H groups in total. The number of anilines is 2. The number of hydrogen-bond acceptors (Lipinski definition) is 3. The summed E-state index contributed by atoms with van der Waals surface area (Å²) in [7, 11) is 0. The second-order valence-corrected chi connectivity index (χ2v) is 5.70. The Morgan fingerprint density at radius 2 is 1.90 bits per heavy atom. The van der Waals surface area contributed by atoms with E-state index < -0.39 is 0 Å². The molecule has 21 heavy (non-hydrogen) atoms. The van der Waals surface area contributed by atoms with Crippen LogP contribution in [0.25, 0.3) is 0 Å². The quantitative estimate of drug-likeness (QED) is 0.868. The molecule has 0 amide bonds. The summed E-state index contributed by atoms with van der Waals surface area (Å²) in [4.78, 5) is 2.38. The standard InChI is InChI=1S/C18H22N2O/c1-14-5-4-6-15(11-14)13-21-18-12-16(19)7-8-17(18)20-9-2-3-10-20/h4-8,11-12H,2-3,9-10,13,19H2,1H3. The highest BCUT2D eigenvalue weighted by molar-refractivity contribution is 5.64. The first kappa shape index (κ1) is 13.8. The zero-order valence-electron chi connectivity index (χ0n) is 12.5. The van der Waals surface area contributed by atoms with E-state index in [1.807, 2.05) is 12.1 Å². The average molecular weight is 282 g/mol. The number of nitrogens with zero attached hydrogens (tertiary/aromatic N) is 1. The van der Waals surface area contributed by atoms with Crippen LogP contribution in [0.4, 0.5) is 11.4 Å². The van der Waals surface area contributed by atoms with Gasteiger partial charge in [-0.3, -0.25) is 0 Å². The number of aryl methyl sites for hydroxylation is 1. The van der Waals surface area contributed by atoms with Crippen LogP contribution in [-0.4, -0.2) is 13.1 Å². The van der Waals surface area contributed by atoms with Crippen LogP contribution in [0.2, 0.25) is 0 Å². The van der Waals surface area contributed by atoms with Crippen molar-refractivity contribution in [3.8, 4) is 5.75 Å². The van der Waals surface area contributed by atoms with Gasteiger partial charge in [0.25, 0.3) is 0 Å². The highest BCUT2D eigenvalue weighted by atomic mass is 16.5.